The molecule has 1 aromatic carbocycles. The van der Waals surface area contributed by atoms with E-state index >= 15 is 0 Å². The Balaban J connectivity index is 2.61. The topological polar surface area (TPSA) is 70.7 Å². The first kappa shape index (κ1) is 17.7. The van der Waals surface area contributed by atoms with E-state index in [2.05, 4.69) is 10.6 Å². The number of anilines is 1. The lowest BCUT2D eigenvalue weighted by Crippen LogP contribution is -2.47. The molecule has 22 heavy (non-hydrogen) atoms. The fraction of sp³-hybridized carbons (Fsp3) is 0.467. The van der Waals surface area contributed by atoms with E-state index in [0.717, 1.165) is 6.07 Å². The molecule has 1 rings (SSSR count). The highest BCUT2D eigenvalue weighted by molar-refractivity contribution is 5.92. The van der Waals surface area contributed by atoms with Crippen LogP contribution in [0.1, 0.15) is 20.8 Å². The van der Waals surface area contributed by atoms with Gasteiger partial charge >= 0.3 is 6.03 Å². The summed E-state index contributed by atoms with van der Waals surface area (Å²) < 4.78 is 18.3. The van der Waals surface area contributed by atoms with E-state index in [4.69, 9.17) is 4.74 Å². The Kier molecular flexibility index (Phi) is 5.73. The molecule has 0 saturated carbocycles. The van der Waals surface area contributed by atoms with Crippen molar-refractivity contribution in [3.8, 4) is 5.75 Å². The molecule has 0 aliphatic carbocycles. The maximum Gasteiger partial charge on any atom is 0.322 e. The van der Waals surface area contributed by atoms with Crippen LogP contribution in [0.2, 0.25) is 0 Å². The Hall–Kier alpha value is -2.31. The van der Waals surface area contributed by atoms with Crippen LogP contribution in [0.15, 0.2) is 18.2 Å². The molecule has 6 nitrogen and oxygen atoms in total. The number of hydrogen-bond donors (Lipinski definition) is 2. The number of carbonyl (C=O) groups is 2. The van der Waals surface area contributed by atoms with Crippen LogP contribution in [-0.2, 0) is 4.79 Å². The summed E-state index contributed by atoms with van der Waals surface area (Å²) in [5, 5.41) is 5.27. The Morgan fingerprint density at radius 3 is 2.45 bits per heavy atom. The molecule has 0 unspecified atom stereocenters. The number of methoxy groups -OCH3 is 1. The molecule has 3 amide bonds. The number of carbonyl (C=O) groups excluding carboxylic acids is 2. The van der Waals surface area contributed by atoms with Crippen molar-refractivity contribution in [2.24, 2.45) is 0 Å². The van der Waals surface area contributed by atoms with Crippen molar-refractivity contribution < 1.29 is 18.7 Å². The van der Waals surface area contributed by atoms with Crippen LogP contribution in [0.5, 0.6) is 5.75 Å². The number of nitrogens with one attached hydrogen (secondary N) is 2. The zero-order chi connectivity index (χ0) is 16.9. The molecule has 1 aromatic rings. The van der Waals surface area contributed by atoms with Crippen LogP contribution < -0.4 is 15.4 Å². The van der Waals surface area contributed by atoms with Gasteiger partial charge in [-0.1, -0.05) is 0 Å². The van der Waals surface area contributed by atoms with Gasteiger partial charge < -0.3 is 20.3 Å². The number of benzene rings is 1. The summed E-state index contributed by atoms with van der Waals surface area (Å²) in [6, 6.07) is 3.58. The van der Waals surface area contributed by atoms with Crippen LogP contribution >= 0.6 is 0 Å². The first-order valence-electron chi connectivity index (χ1n) is 6.79. The van der Waals surface area contributed by atoms with Gasteiger partial charge in [0.25, 0.3) is 0 Å². The fourth-order valence-electron chi connectivity index (χ4n) is 1.71. The number of halogens is 1. The normalized spacial score (nSPS) is 10.8. The minimum absolute atomic E-state index is 0.0934. The van der Waals surface area contributed by atoms with Crippen LogP contribution in [0.25, 0.3) is 0 Å². The van der Waals surface area contributed by atoms with Crippen molar-refractivity contribution in [1.29, 1.82) is 0 Å². The van der Waals surface area contributed by atoms with Gasteiger partial charge in [0.1, 0.15) is 6.54 Å². The molecule has 0 fully saturated rings. The molecule has 0 saturated heterocycles. The highest BCUT2D eigenvalue weighted by atomic mass is 19.1. The fourth-order valence-corrected chi connectivity index (χ4v) is 1.71. The molecule has 122 valence electrons. The minimum Gasteiger partial charge on any atom is -0.494 e. The Morgan fingerprint density at radius 1 is 1.32 bits per heavy atom. The lowest BCUT2D eigenvalue weighted by atomic mass is 10.1. The van der Waals surface area contributed by atoms with Gasteiger partial charge in [0.2, 0.25) is 5.91 Å². The number of amides is 3. The van der Waals surface area contributed by atoms with E-state index in [0.29, 0.717) is 0 Å². The number of ether oxygens (including phenoxy) is 1. The summed E-state index contributed by atoms with van der Waals surface area (Å²) in [5.41, 5.74) is -0.0839. The number of rotatable bonds is 4. The number of likely N-dealkylation sites (N-methyl/N-ethyl adjacent to an activating group) is 1. The van der Waals surface area contributed by atoms with Gasteiger partial charge in [0, 0.05) is 24.3 Å². The van der Waals surface area contributed by atoms with Gasteiger partial charge in [0.05, 0.1) is 7.11 Å². The highest BCUT2D eigenvalue weighted by Crippen LogP contribution is 2.20. The lowest BCUT2D eigenvalue weighted by molar-refractivity contribution is -0.122. The second-order valence-electron chi connectivity index (χ2n) is 5.93. The van der Waals surface area contributed by atoms with Gasteiger partial charge in [0.15, 0.2) is 11.6 Å². The third-order valence-corrected chi connectivity index (χ3v) is 2.64. The molecule has 0 aliphatic heterocycles. The van der Waals surface area contributed by atoms with Crippen molar-refractivity contribution in [3.63, 3.8) is 0 Å². The summed E-state index contributed by atoms with van der Waals surface area (Å²) in [6.45, 7) is 5.46. The average Bonchev–Trinajstić information content (AvgIpc) is 2.36. The van der Waals surface area contributed by atoms with Crippen molar-refractivity contribution in [3.05, 3.63) is 24.0 Å². The first-order valence-corrected chi connectivity index (χ1v) is 6.79. The standard InChI is InChI=1S/C15H22FN3O3/c1-15(2,3)18-13(20)9-19(4)14(21)17-10-6-7-12(22-5)11(16)8-10/h6-8H,9H2,1-5H3,(H,17,21)(H,18,20). The molecule has 0 radical (unpaired) electrons. The average molecular weight is 311 g/mol. The van der Waals surface area contributed by atoms with Gasteiger partial charge in [-0.2, -0.15) is 0 Å². The molecule has 0 aromatic heterocycles. The van der Waals surface area contributed by atoms with Gasteiger partial charge in [-0.05, 0) is 32.9 Å². The summed E-state index contributed by atoms with van der Waals surface area (Å²) in [7, 11) is 2.84. The monoisotopic (exact) mass is 311 g/mol. The second kappa shape index (κ2) is 7.11. The maximum atomic E-state index is 13.5. The third kappa shape index (κ3) is 5.59. The van der Waals surface area contributed by atoms with E-state index in [1.54, 1.807) is 0 Å². The van der Waals surface area contributed by atoms with Crippen molar-refractivity contribution >= 4 is 17.6 Å². The predicted molar refractivity (Wildman–Crippen MR) is 82.5 cm³/mol. The van der Waals surface area contributed by atoms with Gasteiger partial charge in [-0.25, -0.2) is 9.18 Å². The van der Waals surface area contributed by atoms with E-state index in [-0.39, 0.29) is 29.4 Å². The van der Waals surface area contributed by atoms with E-state index < -0.39 is 11.8 Å². The number of hydrogen-bond acceptors (Lipinski definition) is 3. The Morgan fingerprint density at radius 2 is 1.95 bits per heavy atom. The van der Waals surface area contributed by atoms with Crippen molar-refractivity contribution in [1.82, 2.24) is 10.2 Å². The van der Waals surface area contributed by atoms with Crippen LogP contribution in [0.3, 0.4) is 0 Å². The maximum absolute atomic E-state index is 13.5. The Labute approximate surface area is 129 Å². The molecule has 0 aliphatic rings. The summed E-state index contributed by atoms with van der Waals surface area (Å²) in [6.07, 6.45) is 0. The van der Waals surface area contributed by atoms with Crippen LogP contribution in [0, 0.1) is 5.82 Å². The Bertz CT molecular complexity index is 555. The van der Waals surface area contributed by atoms with E-state index in [9.17, 15) is 14.0 Å². The largest absolute Gasteiger partial charge is 0.494 e. The molecule has 0 bridgehead atoms. The van der Waals surface area contributed by atoms with Crippen molar-refractivity contribution in [2.75, 3.05) is 26.0 Å². The first-order chi connectivity index (χ1) is 10.1. The summed E-state index contributed by atoms with van der Waals surface area (Å²) in [4.78, 5) is 24.9. The lowest BCUT2D eigenvalue weighted by Gasteiger charge is -2.23. The third-order valence-electron chi connectivity index (χ3n) is 2.64. The van der Waals surface area contributed by atoms with E-state index in [1.165, 1.54) is 31.2 Å². The number of urea groups is 1. The van der Waals surface area contributed by atoms with Crippen LogP contribution in [-0.4, -0.2) is 43.1 Å². The zero-order valence-corrected chi connectivity index (χ0v) is 13.5. The second-order valence-corrected chi connectivity index (χ2v) is 5.93. The molecule has 0 spiro atoms. The molecular weight excluding hydrogens is 289 g/mol. The smallest absolute Gasteiger partial charge is 0.322 e. The summed E-state index contributed by atoms with van der Waals surface area (Å²) in [5.74, 6) is -0.754. The molecular formula is C15H22FN3O3. The molecule has 0 heterocycles. The van der Waals surface area contributed by atoms with Gasteiger partial charge in [-0.3, -0.25) is 4.79 Å². The minimum atomic E-state index is -0.576. The summed E-state index contributed by atoms with van der Waals surface area (Å²) >= 11 is 0. The zero-order valence-electron chi connectivity index (χ0n) is 13.5. The predicted octanol–water partition coefficient (Wildman–Crippen LogP) is 2.21. The van der Waals surface area contributed by atoms with Crippen molar-refractivity contribution in [2.45, 2.75) is 26.3 Å². The highest BCUT2D eigenvalue weighted by Gasteiger charge is 2.18. The molecule has 2 N–H and O–H groups in total. The molecule has 7 heteroatoms. The van der Waals surface area contributed by atoms with Gasteiger partial charge in [-0.15, -0.1) is 0 Å². The van der Waals surface area contributed by atoms with Crippen LogP contribution in [0.4, 0.5) is 14.9 Å². The SMILES string of the molecule is COc1ccc(NC(=O)N(C)CC(=O)NC(C)(C)C)cc1F. The van der Waals surface area contributed by atoms with E-state index in [1.807, 2.05) is 20.8 Å². The quantitative estimate of drug-likeness (QED) is 0.895. The number of nitrogens with zero attached hydrogens (tertiary/aromatic N) is 1. The molecule has 0 atom stereocenters.